The first kappa shape index (κ1) is 15.4. The fourth-order valence-electron chi connectivity index (χ4n) is 2.00. The van der Waals surface area contributed by atoms with Crippen molar-refractivity contribution in [1.82, 2.24) is 19.7 Å². The molecule has 1 radical (unpaired) electrons. The van der Waals surface area contributed by atoms with E-state index in [1.807, 2.05) is 0 Å². The van der Waals surface area contributed by atoms with E-state index in [2.05, 4.69) is 21.3 Å². The van der Waals surface area contributed by atoms with Crippen LogP contribution in [-0.4, -0.2) is 40.5 Å². The molecule has 10 heteroatoms. The van der Waals surface area contributed by atoms with Crippen molar-refractivity contribution >= 4 is 38.5 Å². The zero-order valence-electron chi connectivity index (χ0n) is 11.7. The summed E-state index contributed by atoms with van der Waals surface area (Å²) < 4.78 is 23.9. The number of rotatable bonds is 2. The van der Waals surface area contributed by atoms with Gasteiger partial charge in [0.2, 0.25) is 15.0 Å². The molecular formula is C13H9ClN5O3S. The quantitative estimate of drug-likeness (QED) is 0.695. The topological polar surface area (TPSA) is 121 Å². The van der Waals surface area contributed by atoms with E-state index in [-0.39, 0.29) is 16.7 Å². The number of nitrogens with zero attached hydrogens (tertiary/aromatic N) is 4. The van der Waals surface area contributed by atoms with E-state index < -0.39 is 21.0 Å². The van der Waals surface area contributed by atoms with Crippen molar-refractivity contribution in [3.05, 3.63) is 35.5 Å². The van der Waals surface area contributed by atoms with Gasteiger partial charge in [-0.2, -0.15) is 14.8 Å². The van der Waals surface area contributed by atoms with Crippen LogP contribution in [0.5, 0.6) is 0 Å². The molecule has 3 aromatic rings. The Morgan fingerprint density at radius 1 is 1.35 bits per heavy atom. The maximum Gasteiger partial charge on any atom is 0.341 e. The molecule has 1 aromatic carbocycles. The van der Waals surface area contributed by atoms with Crippen molar-refractivity contribution in [2.45, 2.75) is 5.16 Å². The summed E-state index contributed by atoms with van der Waals surface area (Å²) in [6.07, 6.45) is 3.50. The second-order valence-corrected chi connectivity index (χ2v) is 6.98. The average Bonchev–Trinajstić information content (AvgIpc) is 2.85. The van der Waals surface area contributed by atoms with Crippen LogP contribution in [-0.2, 0) is 9.84 Å². The number of amides is 1. The lowest BCUT2D eigenvalue weighted by Gasteiger charge is -2.00. The van der Waals surface area contributed by atoms with Crippen LogP contribution in [0.1, 0.15) is 0 Å². The lowest BCUT2D eigenvalue weighted by Crippen LogP contribution is -2.21. The second kappa shape index (κ2) is 5.28. The summed E-state index contributed by atoms with van der Waals surface area (Å²) >= 11 is 6.14. The molecule has 2 N–H and O–H groups in total. The lowest BCUT2D eigenvalue weighted by atomic mass is 10.1. The number of primary amides is 1. The zero-order chi connectivity index (χ0) is 16.8. The summed E-state index contributed by atoms with van der Waals surface area (Å²) in [5.41, 5.74) is 6.02. The number of fused-ring (bicyclic) bond motifs is 1. The third-order valence-electron chi connectivity index (χ3n) is 3.00. The number of hydrogen-bond donors (Lipinski definition) is 1. The number of carbonyl (C=O) groups excluding carboxylic acids is 1. The molecule has 0 unspecified atom stereocenters. The molecule has 0 spiro atoms. The van der Waals surface area contributed by atoms with Gasteiger partial charge in [-0.1, -0.05) is 29.8 Å². The van der Waals surface area contributed by atoms with Gasteiger partial charge in [0.25, 0.3) is 0 Å². The van der Waals surface area contributed by atoms with Gasteiger partial charge in [-0.25, -0.2) is 18.2 Å². The molecule has 2 aromatic heterocycles. The normalized spacial score (nSPS) is 11.7. The number of halogens is 1. The minimum atomic E-state index is -3.67. The summed E-state index contributed by atoms with van der Waals surface area (Å²) in [5.74, 6) is 0. The van der Waals surface area contributed by atoms with Gasteiger partial charge in [0, 0.05) is 11.8 Å². The predicted molar refractivity (Wildman–Crippen MR) is 82.7 cm³/mol. The van der Waals surface area contributed by atoms with Crippen molar-refractivity contribution in [2.75, 3.05) is 6.26 Å². The first-order chi connectivity index (χ1) is 10.8. The minimum absolute atomic E-state index is 0.0529. The molecule has 0 bridgehead atoms. The maximum atomic E-state index is 11.6. The van der Waals surface area contributed by atoms with Gasteiger partial charge in [0.05, 0.1) is 10.4 Å². The number of nitrogens with two attached hydrogens (primary N) is 1. The monoisotopic (exact) mass is 350 g/mol. The van der Waals surface area contributed by atoms with Gasteiger partial charge in [0.15, 0.2) is 5.65 Å². The Bertz CT molecular complexity index is 1040. The Morgan fingerprint density at radius 2 is 2.04 bits per heavy atom. The first-order valence-electron chi connectivity index (χ1n) is 6.22. The molecule has 1 amide bonds. The molecule has 23 heavy (non-hydrogen) atoms. The molecule has 2 heterocycles. The van der Waals surface area contributed by atoms with E-state index in [0.717, 1.165) is 10.9 Å². The smallest absolute Gasteiger partial charge is 0.341 e. The van der Waals surface area contributed by atoms with Gasteiger partial charge in [0.1, 0.15) is 11.9 Å². The maximum absolute atomic E-state index is 11.6. The van der Waals surface area contributed by atoms with Crippen LogP contribution >= 0.6 is 11.6 Å². The Kier molecular flexibility index (Phi) is 3.53. The van der Waals surface area contributed by atoms with Crippen LogP contribution < -0.4 is 5.73 Å². The molecule has 0 aliphatic rings. The Morgan fingerprint density at radius 3 is 2.65 bits per heavy atom. The Hall–Kier alpha value is -2.52. The highest BCUT2D eigenvalue weighted by atomic mass is 35.5. The van der Waals surface area contributed by atoms with E-state index in [0.29, 0.717) is 10.6 Å². The highest BCUT2D eigenvalue weighted by Gasteiger charge is 2.21. The summed E-state index contributed by atoms with van der Waals surface area (Å²) in [5, 5.41) is 4.23. The minimum Gasteiger partial charge on any atom is -0.350 e. The average molecular weight is 351 g/mol. The van der Waals surface area contributed by atoms with Crippen molar-refractivity contribution in [1.29, 1.82) is 0 Å². The number of benzene rings is 1. The van der Waals surface area contributed by atoms with Crippen LogP contribution in [0.3, 0.4) is 0 Å². The largest absolute Gasteiger partial charge is 0.350 e. The number of hydrogen-bond acceptors (Lipinski definition) is 6. The summed E-state index contributed by atoms with van der Waals surface area (Å²) in [6.45, 7) is 0. The molecule has 0 aliphatic carbocycles. The second-order valence-electron chi connectivity index (χ2n) is 4.67. The van der Waals surface area contributed by atoms with Gasteiger partial charge in [-0.05, 0) is 6.07 Å². The molecule has 0 saturated carbocycles. The van der Waals surface area contributed by atoms with E-state index >= 15 is 0 Å². The van der Waals surface area contributed by atoms with Crippen molar-refractivity contribution < 1.29 is 13.2 Å². The first-order valence-corrected chi connectivity index (χ1v) is 8.49. The zero-order valence-corrected chi connectivity index (χ0v) is 13.3. The fraction of sp³-hybridized carbons (Fsp3) is 0.0769. The third kappa shape index (κ3) is 2.64. The standard InChI is InChI=1S/C13H9ClN5O3S/c1-23(21,22)13-16-6-8-10(7-4-2-3-5-9(7)14)18-19(12(15)20)11(8)17-13/h2-5H,1H3,(H2,15,20). The molecule has 0 fully saturated rings. The van der Waals surface area contributed by atoms with Crippen molar-refractivity contribution in [3.63, 3.8) is 0 Å². The van der Waals surface area contributed by atoms with Crippen LogP contribution in [0.4, 0.5) is 4.79 Å². The highest BCUT2D eigenvalue weighted by molar-refractivity contribution is 7.90. The highest BCUT2D eigenvalue weighted by Crippen LogP contribution is 2.31. The molecule has 0 atom stereocenters. The third-order valence-corrected chi connectivity index (χ3v) is 4.17. The molecule has 3 rings (SSSR count). The molecular weight excluding hydrogens is 342 g/mol. The number of carbonyl (C=O) groups is 1. The SMILES string of the molecule is CS(=O)(=O)c1n[c]c2c(-c3ccccc3Cl)nn(C(N)=O)c2n1. The van der Waals surface area contributed by atoms with Crippen LogP contribution in [0.2, 0.25) is 5.02 Å². The van der Waals surface area contributed by atoms with Gasteiger partial charge < -0.3 is 5.73 Å². The summed E-state index contributed by atoms with van der Waals surface area (Å²) in [6, 6.07) is 5.90. The van der Waals surface area contributed by atoms with Gasteiger partial charge in [-0.3, -0.25) is 0 Å². The Balaban J connectivity index is 2.38. The van der Waals surface area contributed by atoms with Crippen molar-refractivity contribution in [2.24, 2.45) is 5.73 Å². The van der Waals surface area contributed by atoms with Crippen LogP contribution in [0.25, 0.3) is 22.3 Å². The van der Waals surface area contributed by atoms with E-state index in [9.17, 15) is 13.2 Å². The molecule has 0 aliphatic heterocycles. The number of sulfone groups is 1. The predicted octanol–water partition coefficient (Wildman–Crippen LogP) is 1.28. The van der Waals surface area contributed by atoms with E-state index in [4.69, 9.17) is 17.3 Å². The fourth-order valence-corrected chi connectivity index (χ4v) is 2.68. The number of aromatic nitrogens is 4. The van der Waals surface area contributed by atoms with E-state index in [1.165, 1.54) is 0 Å². The summed E-state index contributed by atoms with van der Waals surface area (Å²) in [4.78, 5) is 19.1. The van der Waals surface area contributed by atoms with Crippen LogP contribution in [0.15, 0.2) is 29.4 Å². The van der Waals surface area contributed by atoms with E-state index in [1.54, 1.807) is 24.3 Å². The van der Waals surface area contributed by atoms with Crippen molar-refractivity contribution in [3.8, 4) is 11.3 Å². The Labute approximate surface area is 135 Å². The molecule has 117 valence electrons. The summed E-state index contributed by atoms with van der Waals surface area (Å²) in [7, 11) is -3.67. The van der Waals surface area contributed by atoms with Gasteiger partial charge in [-0.15, -0.1) is 0 Å². The molecule has 8 nitrogen and oxygen atoms in total. The van der Waals surface area contributed by atoms with Crippen LogP contribution in [0, 0.1) is 6.20 Å². The molecule has 0 saturated heterocycles. The lowest BCUT2D eigenvalue weighted by molar-refractivity contribution is 0.248. The van der Waals surface area contributed by atoms with Gasteiger partial charge >= 0.3 is 6.03 Å².